The molecule has 66 valence electrons. The molecule has 0 aliphatic rings. The van der Waals surface area contributed by atoms with Gasteiger partial charge in [-0.1, -0.05) is 11.6 Å². The molecule has 0 saturated carbocycles. The van der Waals surface area contributed by atoms with Crippen molar-refractivity contribution in [2.75, 3.05) is 0 Å². The summed E-state index contributed by atoms with van der Waals surface area (Å²) in [7, 11) is 0. The van der Waals surface area contributed by atoms with E-state index in [2.05, 4.69) is 4.98 Å². The predicted octanol–water partition coefficient (Wildman–Crippen LogP) is 2.16. The van der Waals surface area contributed by atoms with Crippen molar-refractivity contribution in [3.8, 4) is 0 Å². The van der Waals surface area contributed by atoms with Crippen molar-refractivity contribution >= 4 is 11.6 Å². The lowest BCUT2D eigenvalue weighted by Crippen LogP contribution is -1.96. The molecule has 1 N–H and O–H groups in total. The standard InChI is InChI=1S/C7H6ClF2NO/c8-5-2-1-4(3-12)11-6(5)7(9)10/h1-2,7,12H,3H2. The quantitative estimate of drug-likeness (QED) is 0.781. The van der Waals surface area contributed by atoms with Gasteiger partial charge in [0.05, 0.1) is 17.3 Å². The van der Waals surface area contributed by atoms with Crippen LogP contribution >= 0.6 is 11.6 Å². The van der Waals surface area contributed by atoms with Gasteiger partial charge in [0, 0.05) is 0 Å². The van der Waals surface area contributed by atoms with Crippen molar-refractivity contribution < 1.29 is 13.9 Å². The minimum absolute atomic E-state index is 0.0813. The first kappa shape index (κ1) is 9.35. The van der Waals surface area contributed by atoms with E-state index < -0.39 is 12.1 Å². The molecular weight excluding hydrogens is 188 g/mol. The average Bonchev–Trinajstić information content (AvgIpc) is 2.05. The zero-order valence-electron chi connectivity index (χ0n) is 5.97. The van der Waals surface area contributed by atoms with E-state index in [-0.39, 0.29) is 17.3 Å². The summed E-state index contributed by atoms with van der Waals surface area (Å²) < 4.78 is 24.2. The van der Waals surface area contributed by atoms with E-state index in [1.807, 2.05) is 0 Å². The van der Waals surface area contributed by atoms with Crippen molar-refractivity contribution in [1.29, 1.82) is 0 Å². The Morgan fingerprint density at radius 3 is 2.67 bits per heavy atom. The van der Waals surface area contributed by atoms with Crippen LogP contribution in [0.15, 0.2) is 12.1 Å². The minimum atomic E-state index is -2.70. The fourth-order valence-electron chi connectivity index (χ4n) is 0.741. The Bertz CT molecular complexity index is 280. The summed E-state index contributed by atoms with van der Waals surface area (Å²) in [6, 6.07) is 2.69. The first-order valence-corrected chi connectivity index (χ1v) is 3.57. The molecule has 0 aliphatic carbocycles. The van der Waals surface area contributed by atoms with Gasteiger partial charge < -0.3 is 5.11 Å². The van der Waals surface area contributed by atoms with Crippen molar-refractivity contribution in [2.24, 2.45) is 0 Å². The Kier molecular flexibility index (Phi) is 2.94. The van der Waals surface area contributed by atoms with Gasteiger partial charge in [0.25, 0.3) is 6.43 Å². The van der Waals surface area contributed by atoms with Crippen LogP contribution in [0.4, 0.5) is 8.78 Å². The average molecular weight is 194 g/mol. The SMILES string of the molecule is OCc1ccc(Cl)c(C(F)F)n1. The normalized spacial score (nSPS) is 10.8. The van der Waals surface area contributed by atoms with Gasteiger partial charge in [0.2, 0.25) is 0 Å². The van der Waals surface area contributed by atoms with Crippen LogP contribution in [-0.4, -0.2) is 10.1 Å². The van der Waals surface area contributed by atoms with Crippen LogP contribution in [0.3, 0.4) is 0 Å². The molecule has 0 bridgehead atoms. The Hall–Kier alpha value is -0.740. The molecule has 1 aromatic heterocycles. The number of alkyl halides is 2. The topological polar surface area (TPSA) is 33.1 Å². The van der Waals surface area contributed by atoms with Gasteiger partial charge in [0.1, 0.15) is 5.69 Å². The number of hydrogen-bond donors (Lipinski definition) is 1. The van der Waals surface area contributed by atoms with E-state index >= 15 is 0 Å². The zero-order chi connectivity index (χ0) is 9.14. The van der Waals surface area contributed by atoms with Crippen molar-refractivity contribution in [3.05, 3.63) is 28.5 Å². The minimum Gasteiger partial charge on any atom is -0.390 e. The van der Waals surface area contributed by atoms with Crippen LogP contribution in [0.5, 0.6) is 0 Å². The molecule has 0 amide bonds. The van der Waals surface area contributed by atoms with Crippen molar-refractivity contribution in [2.45, 2.75) is 13.0 Å². The molecule has 0 spiro atoms. The molecule has 1 aromatic rings. The fourth-order valence-corrected chi connectivity index (χ4v) is 0.929. The first-order valence-electron chi connectivity index (χ1n) is 3.19. The number of halogens is 3. The lowest BCUT2D eigenvalue weighted by Gasteiger charge is -2.02. The number of hydrogen-bond acceptors (Lipinski definition) is 2. The van der Waals surface area contributed by atoms with Crippen LogP contribution < -0.4 is 0 Å². The van der Waals surface area contributed by atoms with Crippen molar-refractivity contribution in [3.63, 3.8) is 0 Å². The third-order valence-corrected chi connectivity index (χ3v) is 1.62. The van der Waals surface area contributed by atoms with E-state index in [9.17, 15) is 8.78 Å². The Balaban J connectivity index is 3.08. The second-order valence-electron chi connectivity index (χ2n) is 2.13. The highest BCUT2D eigenvalue weighted by atomic mass is 35.5. The van der Waals surface area contributed by atoms with Gasteiger partial charge >= 0.3 is 0 Å². The Morgan fingerprint density at radius 2 is 2.17 bits per heavy atom. The molecule has 1 rings (SSSR count). The van der Waals surface area contributed by atoms with E-state index in [1.165, 1.54) is 12.1 Å². The van der Waals surface area contributed by atoms with Crippen LogP contribution in [0, 0.1) is 0 Å². The second kappa shape index (κ2) is 3.78. The summed E-state index contributed by atoms with van der Waals surface area (Å²) in [5, 5.41) is 8.50. The summed E-state index contributed by atoms with van der Waals surface area (Å²) in [5.41, 5.74) is -0.294. The van der Waals surface area contributed by atoms with Crippen LogP contribution in [0.2, 0.25) is 5.02 Å². The summed E-state index contributed by atoms with van der Waals surface area (Å²) in [4.78, 5) is 3.46. The molecular formula is C7H6ClF2NO. The fraction of sp³-hybridized carbons (Fsp3) is 0.286. The maximum absolute atomic E-state index is 12.1. The van der Waals surface area contributed by atoms with Crippen LogP contribution in [-0.2, 0) is 6.61 Å². The molecule has 12 heavy (non-hydrogen) atoms. The monoisotopic (exact) mass is 193 g/mol. The van der Waals surface area contributed by atoms with Gasteiger partial charge in [-0.15, -0.1) is 0 Å². The van der Waals surface area contributed by atoms with E-state index in [0.29, 0.717) is 0 Å². The maximum atomic E-state index is 12.1. The number of nitrogens with zero attached hydrogens (tertiary/aromatic N) is 1. The van der Waals surface area contributed by atoms with Gasteiger partial charge in [-0.25, -0.2) is 13.8 Å². The highest BCUT2D eigenvalue weighted by Gasteiger charge is 2.13. The van der Waals surface area contributed by atoms with Gasteiger partial charge in [0.15, 0.2) is 0 Å². The molecule has 2 nitrogen and oxygen atoms in total. The molecule has 0 saturated heterocycles. The largest absolute Gasteiger partial charge is 0.390 e. The molecule has 0 radical (unpaired) electrons. The zero-order valence-corrected chi connectivity index (χ0v) is 6.72. The van der Waals surface area contributed by atoms with E-state index in [1.54, 1.807) is 0 Å². The van der Waals surface area contributed by atoms with E-state index in [4.69, 9.17) is 16.7 Å². The number of aliphatic hydroxyl groups excluding tert-OH is 1. The lowest BCUT2D eigenvalue weighted by molar-refractivity contribution is 0.145. The predicted molar refractivity (Wildman–Crippen MR) is 40.1 cm³/mol. The van der Waals surface area contributed by atoms with Gasteiger partial charge in [-0.2, -0.15) is 0 Å². The van der Waals surface area contributed by atoms with Crippen molar-refractivity contribution in [1.82, 2.24) is 4.98 Å². The number of aromatic nitrogens is 1. The Labute approximate surface area is 72.8 Å². The number of aliphatic hydroxyl groups is 1. The Morgan fingerprint density at radius 1 is 1.50 bits per heavy atom. The molecule has 0 aromatic carbocycles. The molecule has 1 heterocycles. The van der Waals surface area contributed by atoms with Crippen LogP contribution in [0.25, 0.3) is 0 Å². The lowest BCUT2D eigenvalue weighted by atomic mass is 10.3. The highest BCUT2D eigenvalue weighted by molar-refractivity contribution is 6.31. The molecule has 0 aliphatic heterocycles. The second-order valence-corrected chi connectivity index (χ2v) is 2.54. The third kappa shape index (κ3) is 1.89. The van der Waals surface area contributed by atoms with Crippen LogP contribution in [0.1, 0.15) is 17.8 Å². The number of rotatable bonds is 2. The maximum Gasteiger partial charge on any atom is 0.281 e. The molecule has 5 heteroatoms. The van der Waals surface area contributed by atoms with E-state index in [0.717, 1.165) is 0 Å². The number of pyridine rings is 1. The summed E-state index contributed by atoms with van der Waals surface area (Å²) in [5.74, 6) is 0. The first-order chi connectivity index (χ1) is 5.65. The summed E-state index contributed by atoms with van der Waals surface area (Å²) >= 11 is 5.42. The molecule has 0 atom stereocenters. The van der Waals surface area contributed by atoms with Gasteiger partial charge in [-0.05, 0) is 12.1 Å². The smallest absolute Gasteiger partial charge is 0.281 e. The summed E-state index contributed by atoms with van der Waals surface area (Å²) in [6.45, 7) is -0.364. The third-order valence-electron chi connectivity index (χ3n) is 1.30. The molecule has 0 unspecified atom stereocenters. The summed E-state index contributed by atoms with van der Waals surface area (Å²) in [6.07, 6.45) is -2.70. The molecule has 0 fully saturated rings. The van der Waals surface area contributed by atoms with Gasteiger partial charge in [-0.3, -0.25) is 0 Å². The highest BCUT2D eigenvalue weighted by Crippen LogP contribution is 2.24.